The molecule has 0 heterocycles. The molecular formula is C26H38O. The second kappa shape index (κ2) is 6.90. The first-order chi connectivity index (χ1) is 13.1. The lowest BCUT2D eigenvalue weighted by Crippen LogP contribution is -2.53. The van der Waals surface area contributed by atoms with Crippen LogP contribution in [0.1, 0.15) is 83.6 Å². The summed E-state index contributed by atoms with van der Waals surface area (Å²) in [5, 5.41) is 0. The molecule has 0 spiro atoms. The van der Waals surface area contributed by atoms with Crippen molar-refractivity contribution in [2.24, 2.45) is 34.5 Å². The first kappa shape index (κ1) is 18.2. The Hall–Kier alpha value is -0.820. The van der Waals surface area contributed by atoms with E-state index in [1.165, 1.54) is 69.8 Å². The Bertz CT molecular complexity index is 653. The van der Waals surface area contributed by atoms with Crippen LogP contribution in [0, 0.1) is 34.5 Å². The predicted molar refractivity (Wildman–Crippen MR) is 111 cm³/mol. The fraction of sp³-hybridized carbons (Fsp3) is 0.769. The van der Waals surface area contributed by atoms with E-state index in [0.29, 0.717) is 16.9 Å². The number of hydrogen-bond acceptors (Lipinski definition) is 1. The molecule has 0 N–H and O–H groups in total. The van der Waals surface area contributed by atoms with E-state index in [2.05, 4.69) is 44.2 Å². The average Bonchev–Trinajstić information content (AvgIpc) is 3.09. The molecule has 0 saturated heterocycles. The first-order valence-corrected chi connectivity index (χ1v) is 11.7. The van der Waals surface area contributed by atoms with Gasteiger partial charge in [0.2, 0.25) is 0 Å². The lowest BCUT2D eigenvalue weighted by molar-refractivity contribution is -0.131. The molecule has 5 rings (SSSR count). The normalized spacial score (nSPS) is 46.4. The van der Waals surface area contributed by atoms with Crippen LogP contribution in [0.15, 0.2) is 30.3 Å². The van der Waals surface area contributed by atoms with Gasteiger partial charge in [-0.2, -0.15) is 0 Å². The van der Waals surface area contributed by atoms with E-state index in [4.69, 9.17) is 4.74 Å². The Kier molecular flexibility index (Phi) is 4.66. The van der Waals surface area contributed by atoms with Crippen molar-refractivity contribution < 1.29 is 4.74 Å². The highest BCUT2D eigenvalue weighted by molar-refractivity contribution is 5.13. The molecule has 27 heavy (non-hydrogen) atoms. The van der Waals surface area contributed by atoms with Gasteiger partial charge in [0.15, 0.2) is 0 Å². The number of fused-ring (bicyclic) bond motifs is 5. The van der Waals surface area contributed by atoms with Crippen LogP contribution >= 0.6 is 0 Å². The Morgan fingerprint density at radius 1 is 0.889 bits per heavy atom. The van der Waals surface area contributed by atoms with Gasteiger partial charge in [0, 0.05) is 0 Å². The van der Waals surface area contributed by atoms with Crippen LogP contribution in [-0.4, -0.2) is 6.10 Å². The zero-order chi connectivity index (χ0) is 18.5. The van der Waals surface area contributed by atoms with Gasteiger partial charge in [0.05, 0.1) is 12.7 Å². The summed E-state index contributed by atoms with van der Waals surface area (Å²) in [4.78, 5) is 0. The fourth-order valence-corrected chi connectivity index (χ4v) is 8.15. The summed E-state index contributed by atoms with van der Waals surface area (Å²) in [7, 11) is 0. The van der Waals surface area contributed by atoms with Gasteiger partial charge in [-0.15, -0.1) is 0 Å². The Balaban J connectivity index is 1.25. The molecule has 0 radical (unpaired) electrons. The monoisotopic (exact) mass is 366 g/mol. The second-order valence-corrected chi connectivity index (χ2v) is 10.9. The largest absolute Gasteiger partial charge is 0.374 e. The number of ether oxygens (including phenoxy) is 1. The van der Waals surface area contributed by atoms with Crippen molar-refractivity contribution in [2.75, 3.05) is 0 Å². The SMILES string of the molecule is C[C@@]12CCC[C@H]1[C@@H]1CC[C@@H]3C[C@@H](OCc4ccccc4)CC[C@]3(C)[C@@H]1CC2. The van der Waals surface area contributed by atoms with Crippen LogP contribution in [0.3, 0.4) is 0 Å². The zero-order valence-electron chi connectivity index (χ0n) is 17.5. The minimum absolute atomic E-state index is 0.486. The standard InChI is InChI=1S/C26H38O/c1-25-14-6-9-23(25)22-11-10-20-17-21(27-18-19-7-4-3-5-8-19)12-16-26(20,2)24(22)13-15-25/h3-5,7-8,20-24H,6,9-18H2,1-2H3/t20-,21+,22+,23+,24-,25+,26+/m1/s1. The summed E-state index contributed by atoms with van der Waals surface area (Å²) in [6.45, 7) is 6.10. The molecule has 1 nitrogen and oxygen atoms in total. The molecule has 1 aromatic carbocycles. The van der Waals surface area contributed by atoms with Gasteiger partial charge in [-0.25, -0.2) is 0 Å². The third-order valence-electron chi connectivity index (χ3n) is 9.73. The van der Waals surface area contributed by atoms with Crippen molar-refractivity contribution in [1.82, 2.24) is 0 Å². The Labute approximate surface area is 166 Å². The molecule has 4 aliphatic rings. The zero-order valence-corrected chi connectivity index (χ0v) is 17.5. The highest BCUT2D eigenvalue weighted by Gasteiger charge is 2.57. The molecule has 0 unspecified atom stereocenters. The summed E-state index contributed by atoms with van der Waals surface area (Å²) >= 11 is 0. The number of benzene rings is 1. The smallest absolute Gasteiger partial charge is 0.0720 e. The second-order valence-electron chi connectivity index (χ2n) is 10.9. The molecule has 0 aromatic heterocycles. The lowest BCUT2D eigenvalue weighted by atomic mass is 9.45. The summed E-state index contributed by atoms with van der Waals surface area (Å²) in [5.41, 5.74) is 2.61. The summed E-state index contributed by atoms with van der Waals surface area (Å²) in [5.74, 6) is 3.98. The highest BCUT2D eigenvalue weighted by atomic mass is 16.5. The van der Waals surface area contributed by atoms with Crippen LogP contribution in [0.5, 0.6) is 0 Å². The van der Waals surface area contributed by atoms with E-state index >= 15 is 0 Å². The van der Waals surface area contributed by atoms with Gasteiger partial charge in [-0.1, -0.05) is 50.6 Å². The van der Waals surface area contributed by atoms with E-state index in [9.17, 15) is 0 Å². The highest BCUT2D eigenvalue weighted by Crippen LogP contribution is 2.66. The summed E-state index contributed by atoms with van der Waals surface area (Å²) < 4.78 is 6.38. The minimum Gasteiger partial charge on any atom is -0.374 e. The molecule has 1 aromatic rings. The van der Waals surface area contributed by atoms with Crippen molar-refractivity contribution in [3.8, 4) is 0 Å². The van der Waals surface area contributed by atoms with Crippen molar-refractivity contribution in [2.45, 2.75) is 90.8 Å². The van der Waals surface area contributed by atoms with Crippen LogP contribution in [-0.2, 0) is 11.3 Å². The first-order valence-electron chi connectivity index (χ1n) is 11.7. The maximum absolute atomic E-state index is 6.38. The van der Waals surface area contributed by atoms with Gasteiger partial charge in [-0.05, 0) is 97.9 Å². The Morgan fingerprint density at radius 2 is 1.74 bits per heavy atom. The van der Waals surface area contributed by atoms with Gasteiger partial charge in [0.25, 0.3) is 0 Å². The average molecular weight is 367 g/mol. The summed E-state index contributed by atoms with van der Waals surface area (Å²) in [6.07, 6.45) is 15.0. The predicted octanol–water partition coefficient (Wildman–Crippen LogP) is 7.00. The molecule has 7 atom stereocenters. The van der Waals surface area contributed by atoms with Gasteiger partial charge in [-0.3, -0.25) is 0 Å². The van der Waals surface area contributed by atoms with Gasteiger partial charge < -0.3 is 4.74 Å². The van der Waals surface area contributed by atoms with Crippen molar-refractivity contribution in [3.05, 3.63) is 35.9 Å². The van der Waals surface area contributed by atoms with Crippen molar-refractivity contribution in [3.63, 3.8) is 0 Å². The van der Waals surface area contributed by atoms with Crippen molar-refractivity contribution in [1.29, 1.82) is 0 Å². The van der Waals surface area contributed by atoms with Crippen LogP contribution in [0.4, 0.5) is 0 Å². The third kappa shape index (κ3) is 3.09. The van der Waals surface area contributed by atoms with Crippen molar-refractivity contribution >= 4 is 0 Å². The molecular weight excluding hydrogens is 328 g/mol. The molecule has 4 fully saturated rings. The molecule has 148 valence electrons. The molecule has 0 aliphatic heterocycles. The Morgan fingerprint density at radius 3 is 2.59 bits per heavy atom. The number of rotatable bonds is 3. The van der Waals surface area contributed by atoms with E-state index in [-0.39, 0.29) is 0 Å². The van der Waals surface area contributed by atoms with E-state index < -0.39 is 0 Å². The maximum atomic E-state index is 6.38. The number of hydrogen-bond donors (Lipinski definition) is 0. The molecule has 1 heteroatoms. The van der Waals surface area contributed by atoms with E-state index in [0.717, 1.165) is 30.3 Å². The minimum atomic E-state index is 0.486. The maximum Gasteiger partial charge on any atom is 0.0720 e. The summed E-state index contributed by atoms with van der Waals surface area (Å²) in [6, 6.07) is 10.7. The third-order valence-corrected chi connectivity index (χ3v) is 9.73. The molecule has 0 bridgehead atoms. The molecule has 4 saturated carbocycles. The van der Waals surface area contributed by atoms with Gasteiger partial charge in [0.1, 0.15) is 0 Å². The van der Waals surface area contributed by atoms with E-state index in [1.807, 2.05) is 0 Å². The van der Waals surface area contributed by atoms with Crippen LogP contribution in [0.2, 0.25) is 0 Å². The fourth-order valence-electron chi connectivity index (χ4n) is 8.15. The van der Waals surface area contributed by atoms with Gasteiger partial charge >= 0.3 is 0 Å². The lowest BCUT2D eigenvalue weighted by Gasteiger charge is -2.60. The van der Waals surface area contributed by atoms with E-state index in [1.54, 1.807) is 0 Å². The van der Waals surface area contributed by atoms with Crippen LogP contribution in [0.25, 0.3) is 0 Å². The topological polar surface area (TPSA) is 9.23 Å². The quantitative estimate of drug-likeness (QED) is 0.559. The molecule has 0 amide bonds. The van der Waals surface area contributed by atoms with Crippen LogP contribution < -0.4 is 0 Å². The molecule has 4 aliphatic carbocycles.